The number of piperidine rings is 1. The van der Waals surface area contributed by atoms with Crippen LogP contribution in [0, 0.1) is 11.8 Å². The molecule has 0 aromatic carbocycles. The van der Waals surface area contributed by atoms with Gasteiger partial charge in [0.2, 0.25) is 0 Å². The molecule has 0 aromatic heterocycles. The maximum Gasteiger partial charge on any atom is 0.0864 e. The lowest BCUT2D eigenvalue weighted by molar-refractivity contribution is -0.953. The van der Waals surface area contributed by atoms with Crippen LogP contribution >= 0.6 is 0 Å². The zero-order valence-corrected chi connectivity index (χ0v) is 10.8. The van der Waals surface area contributed by atoms with Crippen molar-refractivity contribution in [3.63, 3.8) is 0 Å². The summed E-state index contributed by atoms with van der Waals surface area (Å²) in [4.78, 5) is 0. The fourth-order valence-corrected chi connectivity index (χ4v) is 3.77. The SMILES string of the molecule is CC1CC[N+]2(CCCCC2)C(C)CC1C. The smallest absolute Gasteiger partial charge is 0.0864 e. The van der Waals surface area contributed by atoms with Crippen LogP contribution in [0.1, 0.15) is 52.9 Å². The summed E-state index contributed by atoms with van der Waals surface area (Å²) >= 11 is 0. The maximum atomic E-state index is 2.51. The summed E-state index contributed by atoms with van der Waals surface area (Å²) in [6, 6.07) is 0.922. The van der Waals surface area contributed by atoms with Crippen molar-refractivity contribution < 1.29 is 4.48 Å². The van der Waals surface area contributed by atoms with Gasteiger partial charge in [-0.1, -0.05) is 13.8 Å². The standard InChI is InChI=1S/C14H28N/c1-12-7-10-15(8-5-4-6-9-15)14(3)11-13(12)2/h12-14H,4-11H2,1-3H3/q+1. The van der Waals surface area contributed by atoms with Crippen molar-refractivity contribution in [1.82, 2.24) is 0 Å². The molecule has 1 heteroatoms. The third-order valence-corrected chi connectivity index (χ3v) is 5.36. The van der Waals surface area contributed by atoms with E-state index in [1.54, 1.807) is 0 Å². The van der Waals surface area contributed by atoms with E-state index in [0.717, 1.165) is 17.9 Å². The van der Waals surface area contributed by atoms with Crippen LogP contribution in [0.25, 0.3) is 0 Å². The molecule has 3 atom stereocenters. The summed E-state index contributed by atoms with van der Waals surface area (Å²) in [5.41, 5.74) is 0. The zero-order chi connectivity index (χ0) is 10.9. The van der Waals surface area contributed by atoms with Crippen LogP contribution in [0.2, 0.25) is 0 Å². The topological polar surface area (TPSA) is 0 Å². The van der Waals surface area contributed by atoms with Crippen molar-refractivity contribution in [2.75, 3.05) is 19.6 Å². The van der Waals surface area contributed by atoms with E-state index in [0.29, 0.717) is 0 Å². The molecule has 1 spiro atoms. The Balaban J connectivity index is 2.10. The van der Waals surface area contributed by atoms with Gasteiger partial charge in [-0.25, -0.2) is 0 Å². The fourth-order valence-electron chi connectivity index (χ4n) is 3.77. The first kappa shape index (κ1) is 11.4. The number of quaternary nitrogens is 1. The Labute approximate surface area is 95.4 Å². The Hall–Kier alpha value is -0.0400. The predicted molar refractivity (Wildman–Crippen MR) is 65.7 cm³/mol. The van der Waals surface area contributed by atoms with E-state index in [1.165, 1.54) is 56.2 Å². The molecule has 2 aliphatic heterocycles. The highest BCUT2D eigenvalue weighted by Gasteiger charge is 2.39. The van der Waals surface area contributed by atoms with Gasteiger partial charge in [0.05, 0.1) is 25.7 Å². The largest absolute Gasteiger partial charge is 0.321 e. The average molecular weight is 210 g/mol. The highest BCUT2D eigenvalue weighted by atomic mass is 15.4. The molecule has 2 rings (SSSR count). The third kappa shape index (κ3) is 2.22. The van der Waals surface area contributed by atoms with Crippen molar-refractivity contribution in [1.29, 1.82) is 0 Å². The second kappa shape index (κ2) is 4.45. The molecule has 1 nitrogen and oxygen atoms in total. The van der Waals surface area contributed by atoms with Gasteiger partial charge in [0.1, 0.15) is 0 Å². The third-order valence-electron chi connectivity index (χ3n) is 5.36. The Kier molecular flexibility index (Phi) is 3.39. The molecule has 2 fully saturated rings. The van der Waals surface area contributed by atoms with Crippen molar-refractivity contribution in [3.8, 4) is 0 Å². The molecule has 0 saturated carbocycles. The van der Waals surface area contributed by atoms with Crippen molar-refractivity contribution in [2.24, 2.45) is 11.8 Å². The lowest BCUT2D eigenvalue weighted by atomic mass is 9.90. The summed E-state index contributed by atoms with van der Waals surface area (Å²) in [5.74, 6) is 1.89. The summed E-state index contributed by atoms with van der Waals surface area (Å²) < 4.78 is 1.47. The van der Waals surface area contributed by atoms with Gasteiger partial charge in [-0.15, -0.1) is 0 Å². The molecule has 0 radical (unpaired) electrons. The molecular weight excluding hydrogens is 182 g/mol. The van der Waals surface area contributed by atoms with Gasteiger partial charge in [-0.05, 0) is 44.4 Å². The second-order valence-electron chi connectivity index (χ2n) is 6.28. The molecule has 0 aliphatic carbocycles. The molecule has 2 saturated heterocycles. The number of nitrogens with zero attached hydrogens (tertiary/aromatic N) is 1. The van der Waals surface area contributed by atoms with Gasteiger partial charge < -0.3 is 4.48 Å². The highest BCUT2D eigenvalue weighted by molar-refractivity contribution is 4.73. The van der Waals surface area contributed by atoms with Crippen LogP contribution < -0.4 is 0 Å². The minimum absolute atomic E-state index is 0.922. The maximum absolute atomic E-state index is 2.51. The van der Waals surface area contributed by atoms with Crippen LogP contribution in [-0.4, -0.2) is 30.2 Å². The first-order valence-corrected chi connectivity index (χ1v) is 7.00. The van der Waals surface area contributed by atoms with Gasteiger partial charge in [0.25, 0.3) is 0 Å². The van der Waals surface area contributed by atoms with Crippen LogP contribution in [0.15, 0.2) is 0 Å². The normalized spacial score (nSPS) is 41.4. The summed E-state index contributed by atoms with van der Waals surface area (Å²) in [6.07, 6.45) is 7.37. The molecule has 3 unspecified atom stereocenters. The van der Waals surface area contributed by atoms with Crippen molar-refractivity contribution in [2.45, 2.75) is 58.9 Å². The van der Waals surface area contributed by atoms with Gasteiger partial charge in [0, 0.05) is 6.42 Å². The molecule has 0 bridgehead atoms. The highest BCUT2D eigenvalue weighted by Crippen LogP contribution is 2.34. The molecule has 0 amide bonds. The molecule has 88 valence electrons. The Morgan fingerprint density at radius 2 is 1.47 bits per heavy atom. The van der Waals surface area contributed by atoms with E-state index in [9.17, 15) is 0 Å². The minimum Gasteiger partial charge on any atom is -0.321 e. The Morgan fingerprint density at radius 1 is 0.800 bits per heavy atom. The van der Waals surface area contributed by atoms with Crippen molar-refractivity contribution >= 4 is 0 Å². The molecule has 0 aromatic rings. The first-order chi connectivity index (χ1) is 7.14. The molecule has 15 heavy (non-hydrogen) atoms. The number of hydrogen-bond acceptors (Lipinski definition) is 0. The first-order valence-electron chi connectivity index (χ1n) is 7.00. The van der Waals surface area contributed by atoms with E-state index >= 15 is 0 Å². The van der Waals surface area contributed by atoms with Gasteiger partial charge in [0.15, 0.2) is 0 Å². The molecule has 2 heterocycles. The summed E-state index contributed by atoms with van der Waals surface area (Å²) in [7, 11) is 0. The summed E-state index contributed by atoms with van der Waals surface area (Å²) in [5, 5.41) is 0. The molecule has 0 N–H and O–H groups in total. The zero-order valence-electron chi connectivity index (χ0n) is 10.8. The quantitative estimate of drug-likeness (QED) is 0.537. The van der Waals surface area contributed by atoms with E-state index in [4.69, 9.17) is 0 Å². The Morgan fingerprint density at radius 3 is 2.13 bits per heavy atom. The number of rotatable bonds is 0. The predicted octanol–water partition coefficient (Wildman–Crippen LogP) is 3.44. The van der Waals surface area contributed by atoms with Gasteiger partial charge in [-0.3, -0.25) is 0 Å². The van der Waals surface area contributed by atoms with Crippen LogP contribution in [-0.2, 0) is 0 Å². The van der Waals surface area contributed by atoms with E-state index in [2.05, 4.69) is 20.8 Å². The van der Waals surface area contributed by atoms with Gasteiger partial charge in [-0.2, -0.15) is 0 Å². The van der Waals surface area contributed by atoms with Crippen LogP contribution in [0.3, 0.4) is 0 Å². The van der Waals surface area contributed by atoms with E-state index < -0.39 is 0 Å². The van der Waals surface area contributed by atoms with Crippen LogP contribution in [0.4, 0.5) is 0 Å². The fraction of sp³-hybridized carbons (Fsp3) is 1.00. The van der Waals surface area contributed by atoms with E-state index in [-0.39, 0.29) is 0 Å². The Bertz CT molecular complexity index is 205. The monoisotopic (exact) mass is 210 g/mol. The lowest BCUT2D eigenvalue weighted by Crippen LogP contribution is -2.57. The van der Waals surface area contributed by atoms with E-state index in [1.807, 2.05) is 0 Å². The van der Waals surface area contributed by atoms with Crippen molar-refractivity contribution in [3.05, 3.63) is 0 Å². The lowest BCUT2D eigenvalue weighted by Gasteiger charge is -2.45. The average Bonchev–Trinajstić information content (AvgIpc) is 2.34. The summed E-state index contributed by atoms with van der Waals surface area (Å²) in [6.45, 7) is 11.9. The van der Waals surface area contributed by atoms with Gasteiger partial charge >= 0.3 is 0 Å². The van der Waals surface area contributed by atoms with Crippen LogP contribution in [0.5, 0.6) is 0 Å². The number of hydrogen-bond donors (Lipinski definition) is 0. The minimum atomic E-state index is 0.922. The molecule has 2 aliphatic rings. The second-order valence-corrected chi connectivity index (χ2v) is 6.28. The molecular formula is C14H28N+.